The number of rotatable bonds is 4. The third kappa shape index (κ3) is 4.94. The van der Waals surface area contributed by atoms with Crippen LogP contribution in [0.15, 0.2) is 24.3 Å². The molecule has 1 N–H and O–H groups in total. The van der Waals surface area contributed by atoms with E-state index in [1.807, 2.05) is 24.3 Å². The van der Waals surface area contributed by atoms with Gasteiger partial charge in [-0.1, -0.05) is 17.9 Å². The summed E-state index contributed by atoms with van der Waals surface area (Å²) in [4.78, 5) is 0. The molecule has 1 heterocycles. The Labute approximate surface area is 114 Å². The Bertz CT molecular complexity index is 439. The lowest BCUT2D eigenvalue weighted by Crippen LogP contribution is -2.21. The highest BCUT2D eigenvalue weighted by atomic mass is 16.5. The highest BCUT2D eigenvalue weighted by molar-refractivity contribution is 5.39. The van der Waals surface area contributed by atoms with Crippen molar-refractivity contribution in [3.8, 4) is 17.6 Å². The van der Waals surface area contributed by atoms with E-state index in [-0.39, 0.29) is 6.61 Å². The summed E-state index contributed by atoms with van der Waals surface area (Å²) in [5, 5.41) is 8.69. The van der Waals surface area contributed by atoms with Crippen molar-refractivity contribution in [3.63, 3.8) is 0 Å². The molecular formula is C16H20O3. The van der Waals surface area contributed by atoms with Crippen molar-refractivity contribution in [2.45, 2.75) is 19.3 Å². The van der Waals surface area contributed by atoms with Crippen LogP contribution in [0.1, 0.15) is 24.8 Å². The zero-order chi connectivity index (χ0) is 13.3. The first-order valence-electron chi connectivity index (χ1n) is 6.79. The lowest BCUT2D eigenvalue weighted by molar-refractivity contribution is 0.0497. The van der Waals surface area contributed by atoms with Gasteiger partial charge in [0.25, 0.3) is 0 Å². The monoisotopic (exact) mass is 260 g/mol. The summed E-state index contributed by atoms with van der Waals surface area (Å²) in [6, 6.07) is 7.80. The van der Waals surface area contributed by atoms with Gasteiger partial charge >= 0.3 is 0 Å². The second-order valence-electron chi connectivity index (χ2n) is 4.67. The van der Waals surface area contributed by atoms with E-state index in [0.717, 1.165) is 44.0 Å². The summed E-state index contributed by atoms with van der Waals surface area (Å²) in [6.07, 6.45) is 2.67. The van der Waals surface area contributed by atoms with Gasteiger partial charge in [-0.3, -0.25) is 0 Å². The van der Waals surface area contributed by atoms with E-state index in [2.05, 4.69) is 11.8 Å². The quantitative estimate of drug-likeness (QED) is 0.844. The van der Waals surface area contributed by atoms with Crippen molar-refractivity contribution in [1.29, 1.82) is 0 Å². The Morgan fingerprint density at radius 2 is 2.16 bits per heavy atom. The molecule has 19 heavy (non-hydrogen) atoms. The molecule has 0 radical (unpaired) electrons. The van der Waals surface area contributed by atoms with E-state index in [4.69, 9.17) is 14.6 Å². The van der Waals surface area contributed by atoms with Crippen molar-refractivity contribution in [2.24, 2.45) is 5.92 Å². The fraction of sp³-hybridized carbons (Fsp3) is 0.500. The maximum Gasteiger partial charge on any atom is 0.120 e. The van der Waals surface area contributed by atoms with Gasteiger partial charge in [-0.15, -0.1) is 0 Å². The summed E-state index contributed by atoms with van der Waals surface area (Å²) in [6.45, 7) is 2.55. The molecule has 0 saturated carbocycles. The third-order valence-electron chi connectivity index (χ3n) is 3.13. The molecular weight excluding hydrogens is 240 g/mol. The molecule has 1 fully saturated rings. The van der Waals surface area contributed by atoms with Crippen LogP contribution in [0.5, 0.6) is 5.75 Å². The Morgan fingerprint density at radius 1 is 1.32 bits per heavy atom. The van der Waals surface area contributed by atoms with Crippen molar-refractivity contribution < 1.29 is 14.6 Å². The Hall–Kier alpha value is -1.50. The summed E-state index contributed by atoms with van der Waals surface area (Å²) in [5.41, 5.74) is 0.929. The fourth-order valence-corrected chi connectivity index (χ4v) is 2.01. The normalized spacial score (nSPS) is 15.6. The second-order valence-corrected chi connectivity index (χ2v) is 4.67. The molecule has 3 heteroatoms. The zero-order valence-electron chi connectivity index (χ0n) is 11.1. The zero-order valence-corrected chi connectivity index (χ0v) is 11.1. The van der Waals surface area contributed by atoms with Crippen molar-refractivity contribution in [3.05, 3.63) is 29.8 Å². The number of hydrogen-bond donors (Lipinski definition) is 1. The van der Waals surface area contributed by atoms with E-state index in [1.165, 1.54) is 0 Å². The van der Waals surface area contributed by atoms with Gasteiger partial charge in [-0.2, -0.15) is 0 Å². The molecule has 1 aromatic rings. The third-order valence-corrected chi connectivity index (χ3v) is 3.13. The first-order chi connectivity index (χ1) is 9.38. The van der Waals surface area contributed by atoms with Gasteiger partial charge in [0.15, 0.2) is 0 Å². The number of aliphatic hydroxyl groups is 1. The smallest absolute Gasteiger partial charge is 0.120 e. The van der Waals surface area contributed by atoms with Crippen LogP contribution in [0.3, 0.4) is 0 Å². The van der Waals surface area contributed by atoms with Gasteiger partial charge < -0.3 is 14.6 Å². The van der Waals surface area contributed by atoms with E-state index in [0.29, 0.717) is 12.3 Å². The van der Waals surface area contributed by atoms with Crippen LogP contribution in [-0.2, 0) is 4.74 Å². The lowest BCUT2D eigenvalue weighted by Gasteiger charge is -2.22. The molecule has 0 unspecified atom stereocenters. The summed E-state index contributed by atoms with van der Waals surface area (Å²) < 4.78 is 11.2. The van der Waals surface area contributed by atoms with Crippen LogP contribution in [0.2, 0.25) is 0 Å². The SMILES string of the molecule is OCCC#Cc1cccc(OCC2CCOCC2)c1. The Balaban J connectivity index is 1.86. The van der Waals surface area contributed by atoms with Gasteiger partial charge in [0.2, 0.25) is 0 Å². The predicted octanol–water partition coefficient (Wildman–Crippen LogP) is 2.23. The number of hydrogen-bond acceptors (Lipinski definition) is 3. The molecule has 0 bridgehead atoms. The lowest BCUT2D eigenvalue weighted by atomic mass is 10.0. The Morgan fingerprint density at radius 3 is 2.95 bits per heavy atom. The van der Waals surface area contributed by atoms with Crippen LogP contribution >= 0.6 is 0 Å². The van der Waals surface area contributed by atoms with Crippen LogP contribution in [0, 0.1) is 17.8 Å². The van der Waals surface area contributed by atoms with Gasteiger partial charge in [0.1, 0.15) is 5.75 Å². The largest absolute Gasteiger partial charge is 0.493 e. The molecule has 0 atom stereocenters. The maximum atomic E-state index is 8.69. The minimum absolute atomic E-state index is 0.104. The molecule has 1 aliphatic rings. The van der Waals surface area contributed by atoms with E-state index in [9.17, 15) is 0 Å². The minimum Gasteiger partial charge on any atom is -0.493 e. The first-order valence-corrected chi connectivity index (χ1v) is 6.79. The second kappa shape index (κ2) is 7.83. The van der Waals surface area contributed by atoms with Crippen molar-refractivity contribution >= 4 is 0 Å². The predicted molar refractivity (Wildman–Crippen MR) is 74.1 cm³/mol. The van der Waals surface area contributed by atoms with Crippen molar-refractivity contribution in [2.75, 3.05) is 26.4 Å². The van der Waals surface area contributed by atoms with Crippen LogP contribution < -0.4 is 4.74 Å². The van der Waals surface area contributed by atoms with Gasteiger partial charge in [-0.25, -0.2) is 0 Å². The molecule has 0 aliphatic carbocycles. The molecule has 102 valence electrons. The van der Waals surface area contributed by atoms with Gasteiger partial charge in [0.05, 0.1) is 13.2 Å². The van der Waals surface area contributed by atoms with Crippen LogP contribution in [-0.4, -0.2) is 31.5 Å². The molecule has 1 aliphatic heterocycles. The van der Waals surface area contributed by atoms with Crippen LogP contribution in [0.4, 0.5) is 0 Å². The fourth-order valence-electron chi connectivity index (χ4n) is 2.01. The summed E-state index contributed by atoms with van der Waals surface area (Å²) >= 11 is 0. The number of ether oxygens (including phenoxy) is 2. The van der Waals surface area contributed by atoms with Gasteiger partial charge in [0, 0.05) is 25.2 Å². The first kappa shape index (κ1) is 13.9. The minimum atomic E-state index is 0.104. The number of aliphatic hydroxyl groups excluding tert-OH is 1. The molecule has 1 saturated heterocycles. The highest BCUT2D eigenvalue weighted by Gasteiger charge is 2.14. The molecule has 0 amide bonds. The average molecular weight is 260 g/mol. The molecule has 1 aromatic carbocycles. The highest BCUT2D eigenvalue weighted by Crippen LogP contribution is 2.18. The standard InChI is InChI=1S/C16H20O3/c17-9-2-1-4-14-5-3-6-16(12-14)19-13-15-7-10-18-11-8-15/h3,5-6,12,15,17H,2,7-11,13H2. The maximum absolute atomic E-state index is 8.69. The summed E-state index contributed by atoms with van der Waals surface area (Å²) in [5.74, 6) is 7.38. The van der Waals surface area contributed by atoms with Crippen LogP contribution in [0.25, 0.3) is 0 Å². The molecule has 0 spiro atoms. The van der Waals surface area contributed by atoms with Crippen molar-refractivity contribution in [1.82, 2.24) is 0 Å². The topological polar surface area (TPSA) is 38.7 Å². The van der Waals surface area contributed by atoms with E-state index >= 15 is 0 Å². The van der Waals surface area contributed by atoms with E-state index in [1.54, 1.807) is 0 Å². The molecule has 2 rings (SSSR count). The Kier molecular flexibility index (Phi) is 5.74. The molecule has 0 aromatic heterocycles. The summed E-state index contributed by atoms with van der Waals surface area (Å²) in [7, 11) is 0. The number of benzene rings is 1. The average Bonchev–Trinajstić information content (AvgIpc) is 2.47. The van der Waals surface area contributed by atoms with E-state index < -0.39 is 0 Å². The molecule has 3 nitrogen and oxygen atoms in total. The van der Waals surface area contributed by atoms with Gasteiger partial charge in [-0.05, 0) is 37.0 Å².